The zero-order valence-electron chi connectivity index (χ0n) is 18.0. The van der Waals surface area contributed by atoms with E-state index in [9.17, 15) is 5.11 Å². The molecule has 0 amide bonds. The quantitative estimate of drug-likeness (QED) is 0.828. The van der Waals surface area contributed by atoms with Gasteiger partial charge in [0.25, 0.3) is 0 Å². The number of likely N-dealkylation sites (tertiary alicyclic amines) is 1. The number of hydrogen-bond acceptors (Lipinski definition) is 5. The monoisotopic (exact) mass is 374 g/mol. The van der Waals surface area contributed by atoms with E-state index in [0.29, 0.717) is 6.54 Å². The van der Waals surface area contributed by atoms with E-state index in [0.717, 1.165) is 24.6 Å². The van der Waals surface area contributed by atoms with E-state index >= 15 is 0 Å². The van der Waals surface area contributed by atoms with E-state index in [1.54, 1.807) is 0 Å². The Kier molecular flexibility index (Phi) is 6.11. The largest absolute Gasteiger partial charge is 0.395 e. The Labute approximate surface area is 165 Å². The van der Waals surface area contributed by atoms with Crippen LogP contribution in [0, 0.1) is 0 Å². The zero-order chi connectivity index (χ0) is 19.7. The molecule has 5 heteroatoms. The summed E-state index contributed by atoms with van der Waals surface area (Å²) < 4.78 is 0. The second-order valence-electron chi connectivity index (χ2n) is 9.61. The Morgan fingerprint density at radius 2 is 2.00 bits per heavy atom. The van der Waals surface area contributed by atoms with Gasteiger partial charge in [0.05, 0.1) is 12.3 Å². The maximum absolute atomic E-state index is 9.44. The fourth-order valence-electron chi connectivity index (χ4n) is 4.73. The lowest BCUT2D eigenvalue weighted by atomic mass is 9.77. The third-order valence-electron chi connectivity index (χ3n) is 6.29. The lowest BCUT2D eigenvalue weighted by Crippen LogP contribution is -2.46. The standard InChI is InChI=1S/C22H38N4O/c1-6-7-12-26-13-8-10-22(16-26)11-9-17-18(22)23-20(21(2,3)4)24-19(17)25(5)14-15-27/h27H,6-16H2,1-5H3. The van der Waals surface area contributed by atoms with E-state index in [1.807, 2.05) is 7.05 Å². The van der Waals surface area contributed by atoms with Gasteiger partial charge in [-0.05, 0) is 45.2 Å². The lowest BCUT2D eigenvalue weighted by molar-refractivity contribution is 0.141. The minimum absolute atomic E-state index is 0.0792. The fourth-order valence-corrected chi connectivity index (χ4v) is 4.73. The Morgan fingerprint density at radius 1 is 1.22 bits per heavy atom. The van der Waals surface area contributed by atoms with Crippen molar-refractivity contribution in [3.8, 4) is 0 Å². The third kappa shape index (κ3) is 4.14. The van der Waals surface area contributed by atoms with Crippen LogP contribution in [0.2, 0.25) is 0 Å². The summed E-state index contributed by atoms with van der Waals surface area (Å²) in [6.45, 7) is 13.2. The Morgan fingerprint density at radius 3 is 2.67 bits per heavy atom. The number of nitrogens with zero attached hydrogens (tertiary/aromatic N) is 4. The van der Waals surface area contributed by atoms with Crippen LogP contribution >= 0.6 is 0 Å². The van der Waals surface area contributed by atoms with Crippen molar-refractivity contribution in [2.75, 3.05) is 44.7 Å². The molecular formula is C22H38N4O. The maximum atomic E-state index is 9.44. The Hall–Kier alpha value is -1.20. The van der Waals surface area contributed by atoms with E-state index in [-0.39, 0.29) is 17.4 Å². The van der Waals surface area contributed by atoms with Gasteiger partial charge in [-0.15, -0.1) is 0 Å². The van der Waals surface area contributed by atoms with Gasteiger partial charge < -0.3 is 14.9 Å². The zero-order valence-corrected chi connectivity index (χ0v) is 18.0. The highest BCUT2D eigenvalue weighted by molar-refractivity contribution is 5.54. The first-order chi connectivity index (χ1) is 12.8. The second-order valence-corrected chi connectivity index (χ2v) is 9.61. The van der Waals surface area contributed by atoms with Crippen LogP contribution in [0.3, 0.4) is 0 Å². The number of anilines is 1. The number of aliphatic hydroxyl groups excluding tert-OH is 1. The molecule has 1 N–H and O–H groups in total. The van der Waals surface area contributed by atoms with Gasteiger partial charge in [0.1, 0.15) is 11.6 Å². The fraction of sp³-hybridized carbons (Fsp3) is 0.818. The van der Waals surface area contributed by atoms with Gasteiger partial charge in [0.15, 0.2) is 0 Å². The molecule has 0 saturated carbocycles. The molecule has 1 aromatic rings. The Balaban J connectivity index is 2.02. The Bertz CT molecular complexity index is 654. The first-order valence-corrected chi connectivity index (χ1v) is 10.8. The molecule has 5 nitrogen and oxygen atoms in total. The van der Waals surface area contributed by atoms with Gasteiger partial charge in [-0.1, -0.05) is 34.1 Å². The van der Waals surface area contributed by atoms with Crippen LogP contribution in [0.4, 0.5) is 5.82 Å². The van der Waals surface area contributed by atoms with Gasteiger partial charge in [-0.25, -0.2) is 9.97 Å². The number of aliphatic hydroxyl groups is 1. The molecule has 3 rings (SSSR count). The highest BCUT2D eigenvalue weighted by Crippen LogP contribution is 2.47. The molecule has 152 valence electrons. The van der Waals surface area contributed by atoms with Crippen LogP contribution in [-0.4, -0.2) is 59.8 Å². The number of fused-ring (bicyclic) bond motifs is 2. The van der Waals surface area contributed by atoms with Gasteiger partial charge >= 0.3 is 0 Å². The molecule has 1 unspecified atom stereocenters. The van der Waals surface area contributed by atoms with Gasteiger partial charge in [0.2, 0.25) is 0 Å². The SMILES string of the molecule is CCCCN1CCCC2(CCc3c(N(C)CCO)nc(C(C)(C)C)nc32)C1. The van der Waals surface area contributed by atoms with Crippen molar-refractivity contribution in [2.45, 2.75) is 77.0 Å². The van der Waals surface area contributed by atoms with E-state index in [1.165, 1.54) is 56.5 Å². The van der Waals surface area contributed by atoms with Crippen LogP contribution in [-0.2, 0) is 17.3 Å². The summed E-state index contributed by atoms with van der Waals surface area (Å²) in [6, 6.07) is 0. The molecule has 0 aromatic carbocycles. The third-order valence-corrected chi connectivity index (χ3v) is 6.29. The van der Waals surface area contributed by atoms with Crippen molar-refractivity contribution in [1.82, 2.24) is 14.9 Å². The highest BCUT2D eigenvalue weighted by atomic mass is 16.3. The first-order valence-electron chi connectivity index (χ1n) is 10.8. The molecule has 1 atom stereocenters. The summed E-state index contributed by atoms with van der Waals surface area (Å²) in [5.74, 6) is 1.98. The number of piperidine rings is 1. The molecule has 2 heterocycles. The summed E-state index contributed by atoms with van der Waals surface area (Å²) in [7, 11) is 2.05. The smallest absolute Gasteiger partial charge is 0.136 e. The lowest BCUT2D eigenvalue weighted by Gasteiger charge is -2.41. The van der Waals surface area contributed by atoms with Crippen LogP contribution in [0.25, 0.3) is 0 Å². The predicted octanol–water partition coefficient (Wildman–Crippen LogP) is 3.28. The second kappa shape index (κ2) is 8.04. The first kappa shape index (κ1) is 20.5. The van der Waals surface area contributed by atoms with Crippen LogP contribution in [0.5, 0.6) is 0 Å². The molecule has 1 aliphatic carbocycles. The van der Waals surface area contributed by atoms with Crippen molar-refractivity contribution >= 4 is 5.82 Å². The average Bonchev–Trinajstić information content (AvgIpc) is 2.97. The number of likely N-dealkylation sites (N-methyl/N-ethyl adjacent to an activating group) is 1. The maximum Gasteiger partial charge on any atom is 0.136 e. The van der Waals surface area contributed by atoms with Crippen molar-refractivity contribution < 1.29 is 5.11 Å². The summed E-state index contributed by atoms with van der Waals surface area (Å²) in [5, 5.41) is 9.44. The molecule has 1 spiro atoms. The molecule has 1 fully saturated rings. The molecule has 0 bridgehead atoms. The van der Waals surface area contributed by atoms with Crippen molar-refractivity contribution in [3.63, 3.8) is 0 Å². The predicted molar refractivity (Wildman–Crippen MR) is 112 cm³/mol. The minimum Gasteiger partial charge on any atom is -0.395 e. The van der Waals surface area contributed by atoms with Crippen LogP contribution < -0.4 is 4.90 Å². The molecule has 27 heavy (non-hydrogen) atoms. The minimum atomic E-state index is -0.0792. The molecule has 2 aliphatic rings. The number of rotatable bonds is 6. The van der Waals surface area contributed by atoms with Gasteiger partial charge in [-0.2, -0.15) is 0 Å². The summed E-state index contributed by atoms with van der Waals surface area (Å²) in [4.78, 5) is 14.9. The molecule has 1 aromatic heterocycles. The van der Waals surface area contributed by atoms with Crippen LogP contribution in [0.15, 0.2) is 0 Å². The van der Waals surface area contributed by atoms with E-state index in [4.69, 9.17) is 9.97 Å². The molecule has 1 saturated heterocycles. The van der Waals surface area contributed by atoms with Crippen molar-refractivity contribution in [2.24, 2.45) is 0 Å². The molecule has 1 aliphatic heterocycles. The molecular weight excluding hydrogens is 336 g/mol. The normalized spacial score (nSPS) is 23.0. The van der Waals surface area contributed by atoms with E-state index < -0.39 is 0 Å². The summed E-state index contributed by atoms with van der Waals surface area (Å²) in [6.07, 6.45) is 7.29. The number of unbranched alkanes of at least 4 members (excludes halogenated alkanes) is 1. The van der Waals surface area contributed by atoms with E-state index in [2.05, 4.69) is 37.5 Å². The average molecular weight is 375 g/mol. The van der Waals surface area contributed by atoms with Gasteiger partial charge in [0, 0.05) is 36.5 Å². The number of aromatic nitrogens is 2. The molecule has 0 radical (unpaired) electrons. The topological polar surface area (TPSA) is 52.5 Å². The summed E-state index contributed by atoms with van der Waals surface area (Å²) in [5.41, 5.74) is 2.75. The van der Waals surface area contributed by atoms with Crippen LogP contribution in [0.1, 0.15) is 76.9 Å². The summed E-state index contributed by atoms with van der Waals surface area (Å²) >= 11 is 0. The van der Waals surface area contributed by atoms with Crippen molar-refractivity contribution in [3.05, 3.63) is 17.1 Å². The van der Waals surface area contributed by atoms with Gasteiger partial charge in [-0.3, -0.25) is 0 Å². The number of hydrogen-bond donors (Lipinski definition) is 1. The highest BCUT2D eigenvalue weighted by Gasteiger charge is 2.45. The van der Waals surface area contributed by atoms with Crippen molar-refractivity contribution in [1.29, 1.82) is 0 Å².